The van der Waals surface area contributed by atoms with Crippen LogP contribution >= 0.6 is 0 Å². The monoisotopic (exact) mass is 346 g/mol. The number of aliphatic carboxylic acids is 1. The minimum Gasteiger partial charge on any atom is -0.481 e. The van der Waals surface area contributed by atoms with Crippen LogP contribution in [-0.4, -0.2) is 44.6 Å². The van der Waals surface area contributed by atoms with Gasteiger partial charge in [0.15, 0.2) is 0 Å². The first-order valence-corrected chi connectivity index (χ1v) is 8.86. The third-order valence-corrected chi connectivity index (χ3v) is 8.12. The molecule has 5 rings (SSSR count). The van der Waals surface area contributed by atoms with Gasteiger partial charge in [-0.1, -0.05) is 12.7 Å². The molecule has 6 heteroatoms. The minimum atomic E-state index is -1.27. The Morgan fingerprint density at radius 1 is 1.44 bits per heavy atom. The molecule has 0 amide bonds. The summed E-state index contributed by atoms with van der Waals surface area (Å²) in [5, 5.41) is 31.6. The highest BCUT2D eigenvalue weighted by atomic mass is 16.6. The molecule has 6 nitrogen and oxygen atoms in total. The average molecular weight is 346 g/mol. The number of carboxylic acid groups (broad SMARTS) is 1. The van der Waals surface area contributed by atoms with Gasteiger partial charge in [0, 0.05) is 11.8 Å². The summed E-state index contributed by atoms with van der Waals surface area (Å²) in [7, 11) is 0. The number of carbonyl (C=O) groups excluding carboxylic acids is 1. The van der Waals surface area contributed by atoms with E-state index in [-0.39, 0.29) is 5.92 Å². The highest BCUT2D eigenvalue weighted by Gasteiger charge is 2.83. The molecule has 1 heterocycles. The van der Waals surface area contributed by atoms with Crippen molar-refractivity contribution >= 4 is 11.9 Å². The normalized spacial score (nSPS) is 58.0. The maximum Gasteiger partial charge on any atom is 0.316 e. The molecule has 0 aromatic carbocycles. The predicted molar refractivity (Wildman–Crippen MR) is 85.2 cm³/mol. The van der Waals surface area contributed by atoms with E-state index in [0.717, 1.165) is 0 Å². The lowest BCUT2D eigenvalue weighted by molar-refractivity contribution is -0.163. The van der Waals surface area contributed by atoms with Gasteiger partial charge in [-0.2, -0.15) is 0 Å². The number of aliphatic hydroxyl groups is 2. The zero-order valence-corrected chi connectivity index (χ0v) is 14.1. The lowest BCUT2D eigenvalue weighted by atomic mass is 9.61. The van der Waals surface area contributed by atoms with Gasteiger partial charge in [0.1, 0.15) is 11.0 Å². The van der Waals surface area contributed by atoms with Crippen LogP contribution in [0, 0.1) is 28.6 Å². The third kappa shape index (κ3) is 1.36. The Labute approximate surface area is 145 Å². The number of carboxylic acids is 1. The molecular weight excluding hydrogens is 324 g/mol. The van der Waals surface area contributed by atoms with Gasteiger partial charge in [0.2, 0.25) is 0 Å². The third-order valence-electron chi connectivity index (χ3n) is 8.12. The van der Waals surface area contributed by atoms with E-state index in [1.165, 1.54) is 0 Å². The predicted octanol–water partition coefficient (Wildman–Crippen LogP) is 1.03. The van der Waals surface area contributed by atoms with Crippen LogP contribution in [-0.2, 0) is 14.3 Å². The molecule has 3 N–H and O–H groups in total. The minimum absolute atomic E-state index is 0.180. The van der Waals surface area contributed by atoms with E-state index < -0.39 is 51.9 Å². The number of hydrogen-bond donors (Lipinski definition) is 3. The molecule has 4 aliphatic carbocycles. The van der Waals surface area contributed by atoms with Gasteiger partial charge in [-0.15, -0.1) is 0 Å². The Hall–Kier alpha value is -1.66. The number of aliphatic hydroxyl groups excluding tert-OH is 1. The van der Waals surface area contributed by atoms with Crippen LogP contribution in [0.2, 0.25) is 0 Å². The Morgan fingerprint density at radius 2 is 2.16 bits per heavy atom. The summed E-state index contributed by atoms with van der Waals surface area (Å²) in [5.74, 6) is -3.18. The number of ether oxygens (including phenoxy) is 1. The summed E-state index contributed by atoms with van der Waals surface area (Å²) < 4.78 is 5.87. The smallest absolute Gasteiger partial charge is 0.316 e. The molecule has 1 saturated heterocycles. The zero-order valence-electron chi connectivity index (χ0n) is 14.1. The highest BCUT2D eigenvalue weighted by molar-refractivity contribution is 5.86. The van der Waals surface area contributed by atoms with Crippen molar-refractivity contribution in [1.29, 1.82) is 0 Å². The van der Waals surface area contributed by atoms with Crippen LogP contribution < -0.4 is 0 Å². The summed E-state index contributed by atoms with van der Waals surface area (Å²) >= 11 is 0. The van der Waals surface area contributed by atoms with Crippen LogP contribution in [0.15, 0.2) is 24.3 Å². The SMILES string of the molecule is C=C1C[C@]23C[C@]1(O)CC[C@H]2[C@@]12C=C[C@H](O)[C@@](C)(C(=O)O1)[C@H]2[C@@H]3C(=O)O. The number of esters is 1. The number of rotatable bonds is 1. The molecule has 0 aromatic heterocycles. The maximum absolute atomic E-state index is 12.7. The van der Waals surface area contributed by atoms with E-state index in [4.69, 9.17) is 4.74 Å². The van der Waals surface area contributed by atoms with E-state index in [9.17, 15) is 24.9 Å². The van der Waals surface area contributed by atoms with Crippen LogP contribution in [0.1, 0.15) is 32.6 Å². The Morgan fingerprint density at radius 3 is 2.84 bits per heavy atom. The number of hydrogen-bond acceptors (Lipinski definition) is 5. The van der Waals surface area contributed by atoms with E-state index >= 15 is 0 Å². The van der Waals surface area contributed by atoms with E-state index in [0.29, 0.717) is 31.3 Å². The Balaban J connectivity index is 1.78. The summed E-state index contributed by atoms with van der Waals surface area (Å²) in [6.07, 6.45) is 4.11. The van der Waals surface area contributed by atoms with Crippen molar-refractivity contribution < 1.29 is 29.6 Å². The number of carbonyl (C=O) groups is 2. The molecular formula is C19H22O6. The fourth-order valence-electron chi connectivity index (χ4n) is 7.13. The molecule has 0 unspecified atom stereocenters. The molecule has 5 aliphatic rings. The quantitative estimate of drug-likeness (QED) is 0.484. The van der Waals surface area contributed by atoms with E-state index in [1.807, 2.05) is 0 Å². The van der Waals surface area contributed by atoms with Gasteiger partial charge >= 0.3 is 11.9 Å². The summed E-state index contributed by atoms with van der Waals surface area (Å²) in [6.45, 7) is 5.64. The van der Waals surface area contributed by atoms with Crippen molar-refractivity contribution in [1.82, 2.24) is 0 Å². The van der Waals surface area contributed by atoms with Gasteiger partial charge in [-0.05, 0) is 49.7 Å². The van der Waals surface area contributed by atoms with Crippen molar-refractivity contribution in [2.24, 2.45) is 28.6 Å². The second-order valence-electron chi connectivity index (χ2n) is 8.94. The van der Waals surface area contributed by atoms with Gasteiger partial charge in [-0.25, -0.2) is 0 Å². The summed E-state index contributed by atoms with van der Waals surface area (Å²) in [4.78, 5) is 25.1. The van der Waals surface area contributed by atoms with Crippen molar-refractivity contribution in [2.45, 2.75) is 49.9 Å². The lowest BCUT2D eigenvalue weighted by Gasteiger charge is -2.44. The summed E-state index contributed by atoms with van der Waals surface area (Å²) in [6, 6.07) is 0. The Kier molecular flexibility index (Phi) is 2.50. The van der Waals surface area contributed by atoms with Crippen LogP contribution in [0.3, 0.4) is 0 Å². The first-order chi connectivity index (χ1) is 11.6. The van der Waals surface area contributed by atoms with Crippen molar-refractivity contribution in [3.8, 4) is 0 Å². The molecule has 1 spiro atoms. The second kappa shape index (κ2) is 4.01. The molecule has 4 bridgehead atoms. The molecule has 25 heavy (non-hydrogen) atoms. The second-order valence-corrected chi connectivity index (χ2v) is 8.94. The molecule has 134 valence electrons. The summed E-state index contributed by atoms with van der Waals surface area (Å²) in [5.41, 5.74) is -3.29. The molecule has 0 radical (unpaired) electrons. The van der Waals surface area contributed by atoms with E-state index in [1.54, 1.807) is 19.1 Å². The standard InChI is InChI=1S/C19H22O6/c1-9-7-17-8-18(9,24)5-3-10(17)19-6-4-11(20)16(2,15(23)25-19)13(19)12(17)14(21)22/h4,6,10-13,20,24H,1,3,5,7-8H2,2H3,(H,21,22)/t10-,11+,12-,13-,16-,17+,18-,19-/m1/s1. The van der Waals surface area contributed by atoms with Crippen LogP contribution in [0.25, 0.3) is 0 Å². The van der Waals surface area contributed by atoms with Gasteiger partial charge in [0.25, 0.3) is 0 Å². The van der Waals surface area contributed by atoms with Crippen molar-refractivity contribution in [2.75, 3.05) is 0 Å². The molecule has 8 atom stereocenters. The van der Waals surface area contributed by atoms with Crippen LogP contribution in [0.4, 0.5) is 0 Å². The first-order valence-electron chi connectivity index (χ1n) is 8.86. The van der Waals surface area contributed by atoms with Crippen molar-refractivity contribution in [3.63, 3.8) is 0 Å². The van der Waals surface area contributed by atoms with Gasteiger partial charge < -0.3 is 20.1 Å². The van der Waals surface area contributed by atoms with Crippen LogP contribution in [0.5, 0.6) is 0 Å². The average Bonchev–Trinajstić information content (AvgIpc) is 2.95. The molecule has 1 aliphatic heterocycles. The molecule has 3 saturated carbocycles. The largest absolute Gasteiger partial charge is 0.481 e. The zero-order chi connectivity index (χ0) is 18.0. The first kappa shape index (κ1) is 15.6. The molecule has 0 aromatic rings. The lowest BCUT2D eigenvalue weighted by Crippen LogP contribution is -2.50. The maximum atomic E-state index is 12.7. The van der Waals surface area contributed by atoms with Crippen molar-refractivity contribution in [3.05, 3.63) is 24.3 Å². The number of fused-ring (bicyclic) bond motifs is 1. The fourth-order valence-corrected chi connectivity index (χ4v) is 7.13. The topological polar surface area (TPSA) is 104 Å². The Bertz CT molecular complexity index is 772. The molecule has 4 fully saturated rings. The van der Waals surface area contributed by atoms with E-state index in [2.05, 4.69) is 6.58 Å². The highest BCUT2D eigenvalue weighted by Crippen LogP contribution is 2.77. The fraction of sp³-hybridized carbons (Fsp3) is 0.684. The van der Waals surface area contributed by atoms with Gasteiger partial charge in [-0.3, -0.25) is 9.59 Å². The van der Waals surface area contributed by atoms with Gasteiger partial charge in [0.05, 0.1) is 17.6 Å².